The van der Waals surface area contributed by atoms with Crippen LogP contribution in [0.15, 0.2) is 0 Å². The number of fused-ring (bicyclic) bond motifs is 1. The molecule has 0 spiro atoms. The summed E-state index contributed by atoms with van der Waals surface area (Å²) in [5, 5.41) is 0. The van der Waals surface area contributed by atoms with E-state index in [1.807, 2.05) is 0 Å². The number of carbonyl (C=O) groups is 1. The number of rotatable bonds is 1. The maximum Gasteiger partial charge on any atom is 0.151 e. The molecule has 44 valence electrons. The molecular formula is C5H6O3. The van der Waals surface area contributed by atoms with Crippen molar-refractivity contribution in [2.24, 2.45) is 0 Å². The summed E-state index contributed by atoms with van der Waals surface area (Å²) < 4.78 is 9.97. The molecule has 3 atom stereocenters. The van der Waals surface area contributed by atoms with Crippen LogP contribution in [0.1, 0.15) is 0 Å². The van der Waals surface area contributed by atoms with E-state index < -0.39 is 0 Å². The zero-order chi connectivity index (χ0) is 5.56. The van der Waals surface area contributed by atoms with Crippen LogP contribution in [-0.2, 0) is 14.3 Å². The Hall–Kier alpha value is -0.410. The van der Waals surface area contributed by atoms with Crippen LogP contribution in [0, 0.1) is 0 Å². The van der Waals surface area contributed by atoms with E-state index in [-0.39, 0.29) is 18.3 Å². The second kappa shape index (κ2) is 1.30. The number of hydrogen-bond donors (Lipinski definition) is 0. The van der Waals surface area contributed by atoms with Crippen molar-refractivity contribution in [3.8, 4) is 0 Å². The van der Waals surface area contributed by atoms with Crippen LogP contribution in [0.4, 0.5) is 0 Å². The van der Waals surface area contributed by atoms with Gasteiger partial charge in [0, 0.05) is 0 Å². The largest absolute Gasteiger partial charge is 0.365 e. The Kier molecular flexibility index (Phi) is 0.725. The summed E-state index contributed by atoms with van der Waals surface area (Å²) in [6.07, 6.45) is 0.884. The molecule has 0 bridgehead atoms. The molecule has 0 radical (unpaired) electrons. The van der Waals surface area contributed by atoms with Gasteiger partial charge in [-0.25, -0.2) is 0 Å². The van der Waals surface area contributed by atoms with Crippen molar-refractivity contribution in [1.82, 2.24) is 0 Å². The van der Waals surface area contributed by atoms with E-state index in [4.69, 9.17) is 9.47 Å². The molecule has 0 aliphatic carbocycles. The Labute approximate surface area is 46.6 Å². The van der Waals surface area contributed by atoms with E-state index in [1.54, 1.807) is 0 Å². The SMILES string of the molecule is O=CC1OCC2OC12. The molecular weight excluding hydrogens is 108 g/mol. The molecule has 0 aromatic carbocycles. The average molecular weight is 114 g/mol. The van der Waals surface area contributed by atoms with Gasteiger partial charge < -0.3 is 14.3 Å². The summed E-state index contributed by atoms with van der Waals surface area (Å²) in [5.41, 5.74) is 0. The van der Waals surface area contributed by atoms with Gasteiger partial charge in [0.1, 0.15) is 18.3 Å². The lowest BCUT2D eigenvalue weighted by atomic mass is 10.3. The summed E-state index contributed by atoms with van der Waals surface area (Å²) >= 11 is 0. The predicted molar refractivity (Wildman–Crippen MR) is 24.5 cm³/mol. The smallest absolute Gasteiger partial charge is 0.151 e. The predicted octanol–water partition coefficient (Wildman–Crippen LogP) is -0.649. The maximum atomic E-state index is 10.0. The van der Waals surface area contributed by atoms with Gasteiger partial charge in [0.05, 0.1) is 6.61 Å². The topological polar surface area (TPSA) is 38.8 Å². The lowest BCUT2D eigenvalue weighted by molar-refractivity contribution is -0.118. The normalized spacial score (nSPS) is 50.8. The highest BCUT2D eigenvalue weighted by molar-refractivity contribution is 5.59. The highest BCUT2D eigenvalue weighted by Crippen LogP contribution is 2.32. The fraction of sp³-hybridized carbons (Fsp3) is 0.800. The van der Waals surface area contributed by atoms with Crippen molar-refractivity contribution < 1.29 is 14.3 Å². The number of hydrogen-bond acceptors (Lipinski definition) is 3. The first-order chi connectivity index (χ1) is 3.92. The van der Waals surface area contributed by atoms with Gasteiger partial charge >= 0.3 is 0 Å². The molecule has 2 saturated heterocycles. The molecule has 2 aliphatic rings. The van der Waals surface area contributed by atoms with E-state index in [1.165, 1.54) is 0 Å². The molecule has 3 nitrogen and oxygen atoms in total. The Morgan fingerprint density at radius 2 is 2.50 bits per heavy atom. The Bertz CT molecular complexity index is 123. The summed E-state index contributed by atoms with van der Waals surface area (Å²) in [7, 11) is 0. The molecule has 0 aromatic rings. The van der Waals surface area contributed by atoms with Gasteiger partial charge in [-0.15, -0.1) is 0 Å². The molecule has 2 fully saturated rings. The minimum Gasteiger partial charge on any atom is -0.365 e. The van der Waals surface area contributed by atoms with Crippen molar-refractivity contribution in [3.63, 3.8) is 0 Å². The van der Waals surface area contributed by atoms with Crippen LogP contribution < -0.4 is 0 Å². The van der Waals surface area contributed by atoms with E-state index in [0.717, 1.165) is 6.29 Å². The molecule has 2 rings (SSSR count). The quantitative estimate of drug-likeness (QED) is 0.336. The molecule has 0 N–H and O–H groups in total. The molecule has 0 amide bonds. The Balaban J connectivity index is 2.06. The number of aldehydes is 1. The molecule has 2 heterocycles. The van der Waals surface area contributed by atoms with E-state index >= 15 is 0 Å². The van der Waals surface area contributed by atoms with Crippen LogP contribution >= 0.6 is 0 Å². The average Bonchev–Trinajstić information content (AvgIpc) is 2.46. The van der Waals surface area contributed by atoms with Gasteiger partial charge in [0.15, 0.2) is 6.29 Å². The highest BCUT2D eigenvalue weighted by Gasteiger charge is 2.51. The molecule has 3 unspecified atom stereocenters. The third-order valence-electron chi connectivity index (χ3n) is 1.53. The molecule has 0 saturated carbocycles. The van der Waals surface area contributed by atoms with Crippen molar-refractivity contribution in [1.29, 1.82) is 0 Å². The van der Waals surface area contributed by atoms with Crippen molar-refractivity contribution in [3.05, 3.63) is 0 Å². The third-order valence-corrected chi connectivity index (χ3v) is 1.53. The summed E-state index contributed by atoms with van der Waals surface area (Å²) in [4.78, 5) is 10.0. The first kappa shape index (κ1) is 4.47. The Morgan fingerprint density at radius 3 is 2.75 bits per heavy atom. The van der Waals surface area contributed by atoms with E-state index in [9.17, 15) is 4.79 Å². The zero-order valence-corrected chi connectivity index (χ0v) is 4.24. The number of ether oxygens (including phenoxy) is 2. The van der Waals surface area contributed by atoms with Gasteiger partial charge in [-0.2, -0.15) is 0 Å². The van der Waals surface area contributed by atoms with Crippen LogP contribution in [0.5, 0.6) is 0 Å². The summed E-state index contributed by atoms with van der Waals surface area (Å²) in [5.74, 6) is 0. The number of carbonyl (C=O) groups excluding carboxylic acids is 1. The molecule has 3 heteroatoms. The van der Waals surface area contributed by atoms with Crippen molar-refractivity contribution >= 4 is 6.29 Å². The Morgan fingerprint density at radius 1 is 1.62 bits per heavy atom. The lowest BCUT2D eigenvalue weighted by Crippen LogP contribution is -2.15. The molecule has 8 heavy (non-hydrogen) atoms. The van der Waals surface area contributed by atoms with Gasteiger partial charge in [-0.3, -0.25) is 0 Å². The summed E-state index contributed by atoms with van der Waals surface area (Å²) in [6, 6.07) is 0. The lowest BCUT2D eigenvalue weighted by Gasteiger charge is -1.99. The number of epoxide rings is 1. The first-order valence-corrected chi connectivity index (χ1v) is 2.64. The summed E-state index contributed by atoms with van der Waals surface area (Å²) in [6.45, 7) is 0.605. The van der Waals surface area contributed by atoms with Crippen molar-refractivity contribution in [2.75, 3.05) is 6.61 Å². The maximum absolute atomic E-state index is 10.0. The second-order valence-corrected chi connectivity index (χ2v) is 2.07. The molecule has 2 aliphatic heterocycles. The zero-order valence-electron chi connectivity index (χ0n) is 4.24. The highest BCUT2D eigenvalue weighted by atomic mass is 16.7. The molecule has 0 aromatic heterocycles. The van der Waals surface area contributed by atoms with E-state index in [0.29, 0.717) is 6.61 Å². The monoisotopic (exact) mass is 114 g/mol. The van der Waals surface area contributed by atoms with Crippen LogP contribution in [-0.4, -0.2) is 31.2 Å². The van der Waals surface area contributed by atoms with Crippen LogP contribution in [0.3, 0.4) is 0 Å². The minimum absolute atomic E-state index is 0.104. The standard InChI is InChI=1S/C5H6O3/c6-1-3-5-4(8-5)2-7-3/h1,3-5H,2H2. The van der Waals surface area contributed by atoms with Crippen molar-refractivity contribution in [2.45, 2.75) is 18.3 Å². The fourth-order valence-electron chi connectivity index (χ4n) is 0.997. The van der Waals surface area contributed by atoms with Gasteiger partial charge in [0.2, 0.25) is 0 Å². The van der Waals surface area contributed by atoms with Crippen LogP contribution in [0.2, 0.25) is 0 Å². The first-order valence-electron chi connectivity index (χ1n) is 2.64. The van der Waals surface area contributed by atoms with Crippen LogP contribution in [0.25, 0.3) is 0 Å². The second-order valence-electron chi connectivity index (χ2n) is 2.07. The third kappa shape index (κ3) is 0.428. The fourth-order valence-corrected chi connectivity index (χ4v) is 0.997. The van der Waals surface area contributed by atoms with Gasteiger partial charge in [0.25, 0.3) is 0 Å². The van der Waals surface area contributed by atoms with Gasteiger partial charge in [-0.05, 0) is 0 Å². The van der Waals surface area contributed by atoms with Gasteiger partial charge in [-0.1, -0.05) is 0 Å². The minimum atomic E-state index is -0.264. The van der Waals surface area contributed by atoms with E-state index in [2.05, 4.69) is 0 Å².